The fourth-order valence-corrected chi connectivity index (χ4v) is 2.33. The molecule has 0 saturated carbocycles. The Morgan fingerprint density at radius 3 is 2.68 bits per heavy atom. The largest absolute Gasteiger partial charge is 0.508 e. The summed E-state index contributed by atoms with van der Waals surface area (Å²) in [4.78, 5) is 13.7. The third kappa shape index (κ3) is 3.38. The number of phenols is 2. The quantitative estimate of drug-likeness (QED) is 0.768. The molecular weight excluding hydrogens is 244 g/mol. The average Bonchev–Trinajstić information content (AvgIpc) is 2.89. The third-order valence-electron chi connectivity index (χ3n) is 3.50. The van der Waals surface area contributed by atoms with Crippen LogP contribution in [0.15, 0.2) is 18.2 Å². The SMILES string of the molecule is CC(NCC(=O)N1CCCC1)c1ccc(O)cc1O. The number of amides is 1. The van der Waals surface area contributed by atoms with Crippen LogP contribution in [0.1, 0.15) is 31.4 Å². The normalized spacial score (nSPS) is 16.6. The number of benzene rings is 1. The molecule has 1 aliphatic heterocycles. The maximum atomic E-state index is 11.9. The van der Waals surface area contributed by atoms with Gasteiger partial charge in [0.25, 0.3) is 0 Å². The van der Waals surface area contributed by atoms with Crippen molar-refractivity contribution in [2.75, 3.05) is 19.6 Å². The van der Waals surface area contributed by atoms with Gasteiger partial charge >= 0.3 is 0 Å². The number of hydrogen-bond donors (Lipinski definition) is 3. The molecule has 1 aliphatic rings. The number of phenolic OH excluding ortho intramolecular Hbond substituents is 2. The number of rotatable bonds is 4. The lowest BCUT2D eigenvalue weighted by Gasteiger charge is -2.19. The summed E-state index contributed by atoms with van der Waals surface area (Å²) in [6, 6.07) is 4.33. The van der Waals surface area contributed by atoms with E-state index in [1.54, 1.807) is 6.07 Å². The molecule has 1 aromatic carbocycles. The van der Waals surface area contributed by atoms with E-state index >= 15 is 0 Å². The van der Waals surface area contributed by atoms with Gasteiger partial charge in [-0.05, 0) is 25.8 Å². The lowest BCUT2D eigenvalue weighted by atomic mass is 10.1. The Morgan fingerprint density at radius 2 is 2.05 bits per heavy atom. The first-order valence-electron chi connectivity index (χ1n) is 6.61. The zero-order valence-corrected chi connectivity index (χ0v) is 11.1. The van der Waals surface area contributed by atoms with E-state index in [-0.39, 0.29) is 30.0 Å². The highest BCUT2D eigenvalue weighted by Gasteiger charge is 2.19. The van der Waals surface area contributed by atoms with Crippen molar-refractivity contribution >= 4 is 5.91 Å². The summed E-state index contributed by atoms with van der Waals surface area (Å²) in [6.45, 7) is 3.84. The van der Waals surface area contributed by atoms with E-state index in [1.807, 2.05) is 11.8 Å². The fourth-order valence-electron chi connectivity index (χ4n) is 2.33. The fraction of sp³-hybridized carbons (Fsp3) is 0.500. The van der Waals surface area contributed by atoms with E-state index in [4.69, 9.17) is 0 Å². The Balaban J connectivity index is 1.89. The van der Waals surface area contributed by atoms with Crippen LogP contribution in [0.2, 0.25) is 0 Å². The van der Waals surface area contributed by atoms with E-state index in [0.29, 0.717) is 5.56 Å². The van der Waals surface area contributed by atoms with Crippen LogP contribution in [-0.2, 0) is 4.79 Å². The number of aromatic hydroxyl groups is 2. The van der Waals surface area contributed by atoms with Crippen LogP contribution < -0.4 is 5.32 Å². The van der Waals surface area contributed by atoms with Crippen molar-refractivity contribution in [3.05, 3.63) is 23.8 Å². The van der Waals surface area contributed by atoms with Gasteiger partial charge in [-0.25, -0.2) is 0 Å². The Labute approximate surface area is 112 Å². The van der Waals surface area contributed by atoms with Crippen molar-refractivity contribution in [1.82, 2.24) is 10.2 Å². The standard InChI is InChI=1S/C14H20N2O3/c1-10(12-5-4-11(17)8-13(12)18)15-9-14(19)16-6-2-3-7-16/h4-5,8,10,15,17-18H,2-3,6-7,9H2,1H3. The zero-order chi connectivity index (χ0) is 13.8. The number of likely N-dealkylation sites (tertiary alicyclic amines) is 1. The van der Waals surface area contributed by atoms with Gasteiger partial charge in [0.15, 0.2) is 0 Å². The first-order chi connectivity index (χ1) is 9.08. The highest BCUT2D eigenvalue weighted by Crippen LogP contribution is 2.27. The second kappa shape index (κ2) is 5.93. The van der Waals surface area contributed by atoms with Gasteiger partial charge in [0.05, 0.1) is 6.54 Å². The number of nitrogens with zero attached hydrogens (tertiary/aromatic N) is 1. The first-order valence-corrected chi connectivity index (χ1v) is 6.61. The van der Waals surface area contributed by atoms with Crippen LogP contribution >= 0.6 is 0 Å². The van der Waals surface area contributed by atoms with E-state index in [1.165, 1.54) is 12.1 Å². The van der Waals surface area contributed by atoms with Crippen molar-refractivity contribution in [3.63, 3.8) is 0 Å². The summed E-state index contributed by atoms with van der Waals surface area (Å²) >= 11 is 0. The summed E-state index contributed by atoms with van der Waals surface area (Å²) in [5.74, 6) is 0.165. The number of carbonyl (C=O) groups excluding carboxylic acids is 1. The van der Waals surface area contributed by atoms with Gasteiger partial charge in [-0.1, -0.05) is 6.07 Å². The maximum absolute atomic E-state index is 11.9. The molecule has 0 aliphatic carbocycles. The van der Waals surface area contributed by atoms with E-state index in [2.05, 4.69) is 5.32 Å². The van der Waals surface area contributed by atoms with Gasteiger partial charge in [-0.3, -0.25) is 4.79 Å². The van der Waals surface area contributed by atoms with Crippen molar-refractivity contribution < 1.29 is 15.0 Å². The molecule has 0 aromatic heterocycles. The number of nitrogens with one attached hydrogen (secondary N) is 1. The van der Waals surface area contributed by atoms with Crippen LogP contribution in [0.25, 0.3) is 0 Å². The van der Waals surface area contributed by atoms with Gasteiger partial charge in [-0.15, -0.1) is 0 Å². The highest BCUT2D eigenvalue weighted by atomic mass is 16.3. The summed E-state index contributed by atoms with van der Waals surface area (Å²) in [7, 11) is 0. The van der Waals surface area contributed by atoms with Crippen molar-refractivity contribution in [3.8, 4) is 11.5 Å². The summed E-state index contributed by atoms with van der Waals surface area (Å²) in [5.41, 5.74) is 0.673. The Kier molecular flexibility index (Phi) is 4.27. The molecule has 1 atom stereocenters. The molecule has 5 heteroatoms. The molecule has 2 rings (SSSR count). The van der Waals surface area contributed by atoms with Gasteiger partial charge in [0.1, 0.15) is 11.5 Å². The van der Waals surface area contributed by atoms with Gasteiger partial charge in [0.2, 0.25) is 5.91 Å². The van der Waals surface area contributed by atoms with Crippen LogP contribution in [0.4, 0.5) is 0 Å². The first kappa shape index (κ1) is 13.7. The monoisotopic (exact) mass is 264 g/mol. The molecule has 1 unspecified atom stereocenters. The van der Waals surface area contributed by atoms with E-state index in [0.717, 1.165) is 25.9 Å². The number of carbonyl (C=O) groups is 1. The minimum Gasteiger partial charge on any atom is -0.508 e. The predicted octanol–water partition coefficient (Wildman–Crippen LogP) is 1.37. The molecule has 3 N–H and O–H groups in total. The molecule has 1 fully saturated rings. The maximum Gasteiger partial charge on any atom is 0.236 e. The smallest absolute Gasteiger partial charge is 0.236 e. The molecule has 19 heavy (non-hydrogen) atoms. The van der Waals surface area contributed by atoms with Crippen molar-refractivity contribution in [1.29, 1.82) is 0 Å². The van der Waals surface area contributed by atoms with E-state index < -0.39 is 0 Å². The molecule has 0 bridgehead atoms. The Bertz CT molecular complexity index is 456. The van der Waals surface area contributed by atoms with Gasteiger partial charge in [-0.2, -0.15) is 0 Å². The van der Waals surface area contributed by atoms with Crippen molar-refractivity contribution in [2.45, 2.75) is 25.8 Å². The Morgan fingerprint density at radius 1 is 1.37 bits per heavy atom. The zero-order valence-electron chi connectivity index (χ0n) is 11.1. The van der Waals surface area contributed by atoms with Gasteiger partial charge in [0, 0.05) is 30.8 Å². The minimum atomic E-state index is -0.146. The second-order valence-electron chi connectivity index (χ2n) is 4.93. The van der Waals surface area contributed by atoms with Crippen molar-refractivity contribution in [2.24, 2.45) is 0 Å². The molecule has 0 spiro atoms. The molecule has 104 valence electrons. The molecule has 0 radical (unpaired) electrons. The number of hydrogen-bond acceptors (Lipinski definition) is 4. The van der Waals surface area contributed by atoms with E-state index in [9.17, 15) is 15.0 Å². The van der Waals surface area contributed by atoms with Crippen LogP contribution in [-0.4, -0.2) is 40.7 Å². The molecule has 5 nitrogen and oxygen atoms in total. The summed E-state index contributed by atoms with van der Waals surface area (Å²) < 4.78 is 0. The van der Waals surface area contributed by atoms with Gasteiger partial charge < -0.3 is 20.4 Å². The lowest BCUT2D eigenvalue weighted by Crippen LogP contribution is -2.37. The average molecular weight is 264 g/mol. The summed E-state index contributed by atoms with van der Waals surface area (Å²) in [6.07, 6.45) is 2.17. The minimum absolute atomic E-state index is 0.0293. The molecule has 1 amide bonds. The molecule has 1 saturated heterocycles. The highest BCUT2D eigenvalue weighted by molar-refractivity contribution is 5.78. The topological polar surface area (TPSA) is 72.8 Å². The van der Waals surface area contributed by atoms with Crippen LogP contribution in [0, 0.1) is 0 Å². The van der Waals surface area contributed by atoms with Crippen LogP contribution in [0.3, 0.4) is 0 Å². The molecule has 1 heterocycles. The Hall–Kier alpha value is -1.75. The lowest BCUT2D eigenvalue weighted by molar-refractivity contribution is -0.129. The molecule has 1 aromatic rings. The second-order valence-corrected chi connectivity index (χ2v) is 4.93. The van der Waals surface area contributed by atoms with Crippen LogP contribution in [0.5, 0.6) is 11.5 Å². The predicted molar refractivity (Wildman–Crippen MR) is 72.0 cm³/mol. The third-order valence-corrected chi connectivity index (χ3v) is 3.50. The summed E-state index contributed by atoms with van der Waals surface area (Å²) in [5, 5.41) is 22.1. The molecular formula is C14H20N2O3.